The van der Waals surface area contributed by atoms with Gasteiger partial charge in [-0.2, -0.15) is 5.26 Å². The summed E-state index contributed by atoms with van der Waals surface area (Å²) in [6, 6.07) is 16.6. The van der Waals surface area contributed by atoms with E-state index in [1.807, 2.05) is 36.4 Å². The average Bonchev–Trinajstić information content (AvgIpc) is 2.68. The van der Waals surface area contributed by atoms with Crippen LogP contribution in [0, 0.1) is 18.3 Å². The summed E-state index contributed by atoms with van der Waals surface area (Å²) in [5.41, 5.74) is 1.94. The van der Waals surface area contributed by atoms with Crippen LogP contribution >= 0.6 is 0 Å². The van der Waals surface area contributed by atoms with E-state index in [4.69, 9.17) is 9.47 Å². The molecule has 0 aliphatic carbocycles. The highest BCUT2D eigenvalue weighted by molar-refractivity contribution is 5.70. The van der Waals surface area contributed by atoms with Crippen LogP contribution in [0.4, 0.5) is 23.0 Å². The van der Waals surface area contributed by atoms with Gasteiger partial charge in [0.2, 0.25) is 0 Å². The largest absolute Gasteiger partial charge is 0.497 e. The number of anilines is 4. The number of aromatic nitrogens is 2. The molecule has 0 radical (unpaired) electrons. The maximum atomic E-state index is 9.25. The molecular weight excluding hydrogens is 342 g/mol. The van der Waals surface area contributed by atoms with E-state index in [-0.39, 0.29) is 0 Å². The second-order valence-electron chi connectivity index (χ2n) is 5.66. The molecule has 3 rings (SSSR count). The Bertz CT molecular complexity index is 998. The minimum Gasteiger partial charge on any atom is -0.497 e. The van der Waals surface area contributed by atoms with Crippen molar-refractivity contribution in [2.24, 2.45) is 0 Å². The van der Waals surface area contributed by atoms with Gasteiger partial charge >= 0.3 is 0 Å². The van der Waals surface area contributed by atoms with Gasteiger partial charge in [0.05, 0.1) is 31.2 Å². The van der Waals surface area contributed by atoms with Gasteiger partial charge in [-0.15, -0.1) is 0 Å². The van der Waals surface area contributed by atoms with Gasteiger partial charge in [-0.1, -0.05) is 12.1 Å². The average molecular weight is 361 g/mol. The Balaban J connectivity index is 1.91. The maximum Gasteiger partial charge on any atom is 0.142 e. The molecule has 136 valence electrons. The Kier molecular flexibility index (Phi) is 5.38. The summed E-state index contributed by atoms with van der Waals surface area (Å²) in [6.07, 6.45) is 0. The van der Waals surface area contributed by atoms with E-state index in [2.05, 4.69) is 26.7 Å². The lowest BCUT2D eigenvalue weighted by Crippen LogP contribution is -2.03. The van der Waals surface area contributed by atoms with Crippen LogP contribution < -0.4 is 20.1 Å². The lowest BCUT2D eigenvalue weighted by Gasteiger charge is -2.14. The van der Waals surface area contributed by atoms with Crippen LogP contribution in [0.2, 0.25) is 0 Å². The van der Waals surface area contributed by atoms with Crippen LogP contribution in [0.1, 0.15) is 11.4 Å². The lowest BCUT2D eigenvalue weighted by atomic mass is 10.2. The fraction of sp³-hybridized carbons (Fsp3) is 0.150. The number of rotatable bonds is 6. The Morgan fingerprint density at radius 3 is 2.26 bits per heavy atom. The number of ether oxygens (including phenoxy) is 2. The molecule has 0 atom stereocenters. The Morgan fingerprint density at radius 1 is 0.889 bits per heavy atom. The molecule has 27 heavy (non-hydrogen) atoms. The minimum absolute atomic E-state index is 0.540. The molecule has 7 nitrogen and oxygen atoms in total. The zero-order chi connectivity index (χ0) is 19.2. The van der Waals surface area contributed by atoms with Crippen LogP contribution in [0.3, 0.4) is 0 Å². The van der Waals surface area contributed by atoms with Crippen molar-refractivity contribution in [3.63, 3.8) is 0 Å². The predicted molar refractivity (Wildman–Crippen MR) is 104 cm³/mol. The highest BCUT2D eigenvalue weighted by atomic mass is 16.5. The van der Waals surface area contributed by atoms with E-state index in [0.29, 0.717) is 40.2 Å². The lowest BCUT2D eigenvalue weighted by molar-refractivity contribution is 0.405. The van der Waals surface area contributed by atoms with Gasteiger partial charge in [-0.05, 0) is 31.2 Å². The summed E-state index contributed by atoms with van der Waals surface area (Å²) < 4.78 is 10.7. The number of benzene rings is 2. The number of hydrogen-bond acceptors (Lipinski definition) is 7. The molecule has 0 spiro atoms. The molecule has 1 aromatic heterocycles. The fourth-order valence-electron chi connectivity index (χ4n) is 2.57. The number of nitrogens with one attached hydrogen (secondary N) is 2. The minimum atomic E-state index is 0.540. The molecule has 1 heterocycles. The molecule has 0 unspecified atom stereocenters. The SMILES string of the molecule is COc1ccc(OC)c(Nc2cc(Nc3ccccc3C#N)nc(C)n2)c1. The van der Waals surface area contributed by atoms with Gasteiger partial charge in [-0.25, -0.2) is 9.97 Å². The smallest absolute Gasteiger partial charge is 0.142 e. The third-order valence-corrected chi connectivity index (χ3v) is 3.82. The third kappa shape index (κ3) is 4.25. The van der Waals surface area contributed by atoms with E-state index >= 15 is 0 Å². The molecule has 3 aromatic rings. The normalized spacial score (nSPS) is 10.0. The molecule has 0 fully saturated rings. The first-order valence-electron chi connectivity index (χ1n) is 8.24. The predicted octanol–water partition coefficient (Wildman–Crippen LogP) is 4.16. The van der Waals surface area contributed by atoms with Crippen LogP contribution in [-0.2, 0) is 0 Å². The first kappa shape index (κ1) is 18.0. The van der Waals surface area contributed by atoms with E-state index in [1.165, 1.54) is 0 Å². The topological polar surface area (TPSA) is 92.1 Å². The van der Waals surface area contributed by atoms with Gasteiger partial charge in [0, 0.05) is 12.1 Å². The molecule has 0 saturated carbocycles. The summed E-state index contributed by atoms with van der Waals surface area (Å²) in [7, 11) is 3.21. The van der Waals surface area contributed by atoms with Crippen molar-refractivity contribution in [1.82, 2.24) is 9.97 Å². The summed E-state index contributed by atoms with van der Waals surface area (Å²) in [5.74, 6) is 3.11. The van der Waals surface area contributed by atoms with Crippen molar-refractivity contribution < 1.29 is 9.47 Å². The van der Waals surface area contributed by atoms with Gasteiger partial charge in [-0.3, -0.25) is 0 Å². The summed E-state index contributed by atoms with van der Waals surface area (Å²) >= 11 is 0. The quantitative estimate of drug-likeness (QED) is 0.681. The van der Waals surface area contributed by atoms with Crippen molar-refractivity contribution in [2.45, 2.75) is 6.92 Å². The van der Waals surface area contributed by atoms with E-state index < -0.39 is 0 Å². The highest BCUT2D eigenvalue weighted by Crippen LogP contribution is 2.31. The Morgan fingerprint density at radius 2 is 1.59 bits per heavy atom. The summed E-state index contributed by atoms with van der Waals surface area (Å²) in [6.45, 7) is 1.80. The zero-order valence-electron chi connectivity index (χ0n) is 15.3. The van der Waals surface area contributed by atoms with Crippen molar-refractivity contribution in [3.8, 4) is 17.6 Å². The summed E-state index contributed by atoms with van der Waals surface area (Å²) in [5, 5.41) is 15.7. The first-order chi connectivity index (χ1) is 13.1. The highest BCUT2D eigenvalue weighted by Gasteiger charge is 2.09. The third-order valence-electron chi connectivity index (χ3n) is 3.82. The van der Waals surface area contributed by atoms with Crippen LogP contribution in [0.15, 0.2) is 48.5 Å². The van der Waals surface area contributed by atoms with Crippen LogP contribution in [0.5, 0.6) is 11.5 Å². The molecular formula is C20H19N5O2. The van der Waals surface area contributed by atoms with Gasteiger partial charge in [0.1, 0.15) is 35.0 Å². The molecule has 0 amide bonds. The Hall–Kier alpha value is -3.79. The fourth-order valence-corrected chi connectivity index (χ4v) is 2.57. The van der Waals surface area contributed by atoms with E-state index in [0.717, 1.165) is 5.69 Å². The van der Waals surface area contributed by atoms with Gasteiger partial charge in [0.25, 0.3) is 0 Å². The first-order valence-corrected chi connectivity index (χ1v) is 8.24. The molecule has 2 aromatic carbocycles. The molecule has 2 N–H and O–H groups in total. The number of para-hydroxylation sites is 1. The van der Waals surface area contributed by atoms with Crippen molar-refractivity contribution >= 4 is 23.0 Å². The molecule has 7 heteroatoms. The molecule has 0 aliphatic rings. The van der Waals surface area contributed by atoms with Gasteiger partial charge in [0.15, 0.2) is 0 Å². The van der Waals surface area contributed by atoms with Crippen molar-refractivity contribution in [2.75, 3.05) is 24.9 Å². The van der Waals surface area contributed by atoms with Crippen molar-refractivity contribution in [3.05, 3.63) is 59.9 Å². The number of nitriles is 1. The van der Waals surface area contributed by atoms with E-state index in [1.54, 1.807) is 33.3 Å². The van der Waals surface area contributed by atoms with Crippen LogP contribution in [-0.4, -0.2) is 24.2 Å². The van der Waals surface area contributed by atoms with Gasteiger partial charge < -0.3 is 20.1 Å². The second kappa shape index (κ2) is 8.06. The van der Waals surface area contributed by atoms with Crippen LogP contribution in [0.25, 0.3) is 0 Å². The number of aryl methyl sites for hydroxylation is 1. The maximum absolute atomic E-state index is 9.25. The molecule has 0 saturated heterocycles. The summed E-state index contributed by atoms with van der Waals surface area (Å²) in [4.78, 5) is 8.82. The number of methoxy groups -OCH3 is 2. The van der Waals surface area contributed by atoms with E-state index in [9.17, 15) is 5.26 Å². The van der Waals surface area contributed by atoms with Crippen molar-refractivity contribution in [1.29, 1.82) is 5.26 Å². The number of nitrogens with zero attached hydrogens (tertiary/aromatic N) is 3. The zero-order valence-corrected chi connectivity index (χ0v) is 15.3. The molecule has 0 aliphatic heterocycles. The standard InChI is InChI=1S/C20H19N5O2/c1-13-22-19(24-16-7-5-4-6-14(16)12-21)11-20(23-13)25-17-10-15(26-2)8-9-18(17)27-3/h4-11H,1-3H3,(H2,22,23,24,25). The molecule has 0 bridgehead atoms. The second-order valence-corrected chi connectivity index (χ2v) is 5.66. The number of hydrogen-bond donors (Lipinski definition) is 2. The Labute approximate surface area is 157 Å². The monoisotopic (exact) mass is 361 g/mol.